The fraction of sp³-hybridized carbons (Fsp3) is 0.100. The molecule has 1 aromatic heterocycles. The minimum Gasteiger partial charge on any atom is -0.322 e. The Hall–Kier alpha value is -4.02. The van der Waals surface area contributed by atoms with Crippen LogP contribution in [0.2, 0.25) is 0 Å². The number of non-ortho nitro benzene ring substituents is 1. The van der Waals surface area contributed by atoms with Gasteiger partial charge in [0, 0.05) is 24.0 Å². The van der Waals surface area contributed by atoms with Gasteiger partial charge in [0.2, 0.25) is 0 Å². The number of hydrogen-bond acceptors (Lipinski definition) is 4. The maximum absolute atomic E-state index is 13.4. The molecular formula is C20H13F4N3O4. The van der Waals surface area contributed by atoms with E-state index in [0.29, 0.717) is 17.7 Å². The summed E-state index contributed by atoms with van der Waals surface area (Å²) in [7, 11) is 0. The molecule has 0 atom stereocenters. The summed E-state index contributed by atoms with van der Waals surface area (Å²) in [5, 5.41) is 13.0. The van der Waals surface area contributed by atoms with Gasteiger partial charge in [-0.25, -0.2) is 4.39 Å². The number of benzene rings is 2. The van der Waals surface area contributed by atoms with Gasteiger partial charge in [-0.1, -0.05) is 12.1 Å². The minimum atomic E-state index is -4.96. The van der Waals surface area contributed by atoms with Crippen LogP contribution in [-0.4, -0.2) is 15.4 Å². The summed E-state index contributed by atoms with van der Waals surface area (Å²) in [6, 6.07) is 10.0. The van der Waals surface area contributed by atoms with Gasteiger partial charge < -0.3 is 9.88 Å². The van der Waals surface area contributed by atoms with Gasteiger partial charge in [-0.15, -0.1) is 0 Å². The number of aromatic nitrogens is 1. The zero-order chi connectivity index (χ0) is 22.8. The molecule has 2 aromatic carbocycles. The molecule has 1 heterocycles. The van der Waals surface area contributed by atoms with E-state index >= 15 is 0 Å². The number of anilines is 1. The van der Waals surface area contributed by atoms with Crippen molar-refractivity contribution in [2.45, 2.75) is 12.7 Å². The van der Waals surface area contributed by atoms with Crippen LogP contribution < -0.4 is 10.9 Å². The average Bonchev–Trinajstić information content (AvgIpc) is 2.70. The maximum Gasteiger partial charge on any atom is 0.419 e. The van der Waals surface area contributed by atoms with Crippen molar-refractivity contribution in [3.8, 4) is 0 Å². The van der Waals surface area contributed by atoms with Gasteiger partial charge in [0.05, 0.1) is 17.0 Å². The van der Waals surface area contributed by atoms with Crippen molar-refractivity contribution in [2.24, 2.45) is 0 Å². The molecule has 160 valence electrons. The Morgan fingerprint density at radius 1 is 1.10 bits per heavy atom. The third-order valence-electron chi connectivity index (χ3n) is 4.27. The van der Waals surface area contributed by atoms with Gasteiger partial charge in [-0.05, 0) is 35.9 Å². The first-order valence-electron chi connectivity index (χ1n) is 8.67. The molecule has 0 saturated carbocycles. The van der Waals surface area contributed by atoms with Crippen LogP contribution in [0.1, 0.15) is 21.5 Å². The van der Waals surface area contributed by atoms with Crippen LogP contribution in [0.4, 0.5) is 28.9 Å². The lowest BCUT2D eigenvalue weighted by Crippen LogP contribution is -2.29. The highest BCUT2D eigenvalue weighted by Gasteiger charge is 2.34. The molecule has 0 fully saturated rings. The Balaban J connectivity index is 1.86. The molecule has 0 spiro atoms. The Labute approximate surface area is 171 Å². The van der Waals surface area contributed by atoms with E-state index in [1.165, 1.54) is 36.5 Å². The molecule has 0 unspecified atom stereocenters. The normalized spacial score (nSPS) is 11.2. The van der Waals surface area contributed by atoms with Gasteiger partial charge in [0.1, 0.15) is 11.4 Å². The molecule has 11 heteroatoms. The predicted octanol–water partition coefficient (Wildman–Crippen LogP) is 4.22. The second-order valence-corrected chi connectivity index (χ2v) is 6.43. The average molecular weight is 435 g/mol. The van der Waals surface area contributed by atoms with E-state index in [1.807, 2.05) is 0 Å². The molecule has 1 N–H and O–H groups in total. The van der Waals surface area contributed by atoms with Crippen LogP contribution >= 0.6 is 0 Å². The lowest BCUT2D eigenvalue weighted by Gasteiger charge is -2.12. The highest BCUT2D eigenvalue weighted by molar-refractivity contribution is 6.04. The number of nitrogens with zero attached hydrogens (tertiary/aromatic N) is 2. The van der Waals surface area contributed by atoms with E-state index in [4.69, 9.17) is 0 Å². The van der Waals surface area contributed by atoms with E-state index < -0.39 is 33.9 Å². The van der Waals surface area contributed by atoms with Gasteiger partial charge >= 0.3 is 6.18 Å². The van der Waals surface area contributed by atoms with Crippen LogP contribution in [0.5, 0.6) is 0 Å². The Morgan fingerprint density at radius 2 is 1.84 bits per heavy atom. The fourth-order valence-corrected chi connectivity index (χ4v) is 2.82. The summed E-state index contributed by atoms with van der Waals surface area (Å²) in [4.78, 5) is 35.4. The predicted molar refractivity (Wildman–Crippen MR) is 102 cm³/mol. The van der Waals surface area contributed by atoms with Crippen molar-refractivity contribution in [1.82, 2.24) is 4.57 Å². The second kappa shape index (κ2) is 8.38. The quantitative estimate of drug-likeness (QED) is 0.369. The van der Waals surface area contributed by atoms with Crippen LogP contribution in [0, 0.1) is 15.9 Å². The molecule has 7 nitrogen and oxygen atoms in total. The number of carbonyl (C=O) groups excluding carboxylic acids is 1. The zero-order valence-electron chi connectivity index (χ0n) is 15.5. The van der Waals surface area contributed by atoms with Crippen LogP contribution in [0.15, 0.2) is 65.6 Å². The Kier molecular flexibility index (Phi) is 5.86. The van der Waals surface area contributed by atoms with Crippen molar-refractivity contribution >= 4 is 17.3 Å². The molecule has 1 amide bonds. The first-order valence-corrected chi connectivity index (χ1v) is 8.67. The number of carbonyl (C=O) groups is 1. The number of rotatable bonds is 5. The number of halogens is 4. The van der Waals surface area contributed by atoms with Gasteiger partial charge in [-0.2, -0.15) is 13.2 Å². The summed E-state index contributed by atoms with van der Waals surface area (Å²) < 4.78 is 53.1. The molecule has 0 aliphatic rings. The maximum atomic E-state index is 13.4. The largest absolute Gasteiger partial charge is 0.419 e. The molecule has 3 rings (SSSR count). The third kappa shape index (κ3) is 4.94. The number of pyridine rings is 1. The van der Waals surface area contributed by atoms with Gasteiger partial charge in [-0.3, -0.25) is 19.7 Å². The summed E-state index contributed by atoms with van der Waals surface area (Å²) in [5.41, 5.74) is -2.76. The summed E-state index contributed by atoms with van der Waals surface area (Å²) in [6.45, 7) is -0.0730. The van der Waals surface area contributed by atoms with Gasteiger partial charge in [0.25, 0.3) is 17.2 Å². The minimum absolute atomic E-state index is 0.0730. The molecular weight excluding hydrogens is 422 g/mol. The molecule has 0 radical (unpaired) electrons. The molecule has 3 aromatic rings. The number of nitro groups is 1. The monoisotopic (exact) mass is 435 g/mol. The van der Waals surface area contributed by atoms with Crippen molar-refractivity contribution in [3.63, 3.8) is 0 Å². The summed E-state index contributed by atoms with van der Waals surface area (Å²) in [6.07, 6.45) is -3.60. The Bertz CT molecular complexity index is 1220. The van der Waals surface area contributed by atoms with Crippen molar-refractivity contribution in [2.75, 3.05) is 5.32 Å². The Morgan fingerprint density at radius 3 is 2.52 bits per heavy atom. The van der Waals surface area contributed by atoms with E-state index in [0.717, 1.165) is 10.6 Å². The van der Waals surface area contributed by atoms with E-state index in [2.05, 4.69) is 5.32 Å². The number of nitro benzene ring substituents is 1. The second-order valence-electron chi connectivity index (χ2n) is 6.43. The molecule has 0 aliphatic heterocycles. The first-order chi connectivity index (χ1) is 14.6. The van der Waals surface area contributed by atoms with Crippen molar-refractivity contribution < 1.29 is 27.3 Å². The SMILES string of the molecule is O=C(Nc1ccc(F)c(C(F)(F)F)c1)c1cccn(Cc2cccc([N+](=O)[O-])c2)c1=O. The zero-order valence-corrected chi connectivity index (χ0v) is 15.5. The lowest BCUT2D eigenvalue weighted by atomic mass is 10.1. The van der Waals surface area contributed by atoms with Crippen LogP contribution in [0.3, 0.4) is 0 Å². The molecule has 31 heavy (non-hydrogen) atoms. The topological polar surface area (TPSA) is 94.2 Å². The van der Waals surface area contributed by atoms with E-state index in [-0.39, 0.29) is 23.5 Å². The number of hydrogen-bond donors (Lipinski definition) is 1. The number of nitrogens with one attached hydrogen (secondary N) is 1. The van der Waals surface area contributed by atoms with Crippen molar-refractivity contribution in [1.29, 1.82) is 0 Å². The highest BCUT2D eigenvalue weighted by atomic mass is 19.4. The van der Waals surface area contributed by atoms with Crippen LogP contribution in [0.25, 0.3) is 0 Å². The molecule has 0 saturated heterocycles. The van der Waals surface area contributed by atoms with E-state index in [9.17, 15) is 37.3 Å². The molecule has 0 aliphatic carbocycles. The van der Waals surface area contributed by atoms with Crippen molar-refractivity contribution in [3.05, 3.63) is 104 Å². The number of amides is 1. The highest BCUT2D eigenvalue weighted by Crippen LogP contribution is 2.33. The molecule has 0 bridgehead atoms. The summed E-state index contributed by atoms with van der Waals surface area (Å²) >= 11 is 0. The number of alkyl halides is 3. The first kappa shape index (κ1) is 21.7. The van der Waals surface area contributed by atoms with Crippen LogP contribution in [-0.2, 0) is 12.7 Å². The standard InChI is InChI=1S/C20H13F4N3O4/c21-17-7-6-13(10-16(17)20(22,23)24)25-18(28)15-5-2-8-26(19(15)29)11-12-3-1-4-14(9-12)27(30)31/h1-10H,11H2,(H,25,28). The van der Waals surface area contributed by atoms with E-state index in [1.54, 1.807) is 6.07 Å². The summed E-state index contributed by atoms with van der Waals surface area (Å²) in [5.74, 6) is -2.48. The smallest absolute Gasteiger partial charge is 0.322 e. The lowest BCUT2D eigenvalue weighted by molar-refractivity contribution is -0.384. The third-order valence-corrected chi connectivity index (χ3v) is 4.27. The van der Waals surface area contributed by atoms with Gasteiger partial charge in [0.15, 0.2) is 0 Å². The fourth-order valence-electron chi connectivity index (χ4n) is 2.82.